The van der Waals surface area contributed by atoms with E-state index in [1.54, 1.807) is 5.57 Å². The Labute approximate surface area is 135 Å². The lowest BCUT2D eigenvalue weighted by Crippen LogP contribution is -2.48. The molecule has 6 atom stereocenters. The first kappa shape index (κ1) is 14.8. The van der Waals surface area contributed by atoms with E-state index >= 15 is 0 Å². The van der Waals surface area contributed by atoms with Crippen LogP contribution in [-0.4, -0.2) is 11.2 Å². The zero-order valence-electron chi connectivity index (χ0n) is 14.3. The van der Waals surface area contributed by atoms with E-state index < -0.39 is 0 Å². The van der Waals surface area contributed by atoms with Gasteiger partial charge in [0.25, 0.3) is 0 Å². The summed E-state index contributed by atoms with van der Waals surface area (Å²) in [5.74, 6) is 2.54. The number of allylic oxidation sites excluding steroid dienone is 4. The van der Waals surface area contributed by atoms with Crippen LogP contribution in [0.15, 0.2) is 35.5 Å². The zero-order valence-corrected chi connectivity index (χ0v) is 14.3. The summed E-state index contributed by atoms with van der Waals surface area (Å²) in [5, 5.41) is 9.95. The van der Waals surface area contributed by atoms with Gasteiger partial charge in [-0.05, 0) is 68.6 Å². The molecule has 0 aliphatic heterocycles. The third-order valence-corrected chi connectivity index (χ3v) is 7.85. The highest BCUT2D eigenvalue weighted by Crippen LogP contribution is 2.65. The smallest absolute Gasteiger partial charge is 0.0905 e. The van der Waals surface area contributed by atoms with Crippen LogP contribution in [0.25, 0.3) is 0 Å². The minimum absolute atomic E-state index is 0.210. The predicted octanol–water partition coefficient (Wildman–Crippen LogP) is 5.03. The van der Waals surface area contributed by atoms with Crippen LogP contribution in [0.1, 0.15) is 59.3 Å². The van der Waals surface area contributed by atoms with E-state index in [4.69, 9.17) is 0 Å². The van der Waals surface area contributed by atoms with Crippen molar-refractivity contribution in [1.29, 1.82) is 0 Å². The van der Waals surface area contributed by atoms with Gasteiger partial charge in [0, 0.05) is 5.41 Å². The molecule has 0 spiro atoms. The number of rotatable bonds is 0. The molecule has 0 saturated heterocycles. The summed E-state index contributed by atoms with van der Waals surface area (Å²) in [6, 6.07) is 0. The van der Waals surface area contributed by atoms with Gasteiger partial charge < -0.3 is 5.11 Å². The molecule has 0 heterocycles. The molecule has 3 saturated carbocycles. The van der Waals surface area contributed by atoms with E-state index in [9.17, 15) is 5.11 Å². The summed E-state index contributed by atoms with van der Waals surface area (Å²) in [6.07, 6.45) is 16.5. The molecule has 1 nitrogen and oxygen atoms in total. The normalized spacial score (nSPS) is 52.0. The van der Waals surface area contributed by atoms with Crippen LogP contribution >= 0.6 is 0 Å². The van der Waals surface area contributed by atoms with Crippen molar-refractivity contribution in [2.45, 2.75) is 65.4 Å². The van der Waals surface area contributed by atoms with Gasteiger partial charge in [-0.2, -0.15) is 0 Å². The van der Waals surface area contributed by atoms with Crippen LogP contribution in [0.2, 0.25) is 0 Å². The first-order chi connectivity index (χ1) is 10.5. The van der Waals surface area contributed by atoms with Gasteiger partial charge >= 0.3 is 0 Å². The van der Waals surface area contributed by atoms with Gasteiger partial charge in [-0.3, -0.25) is 0 Å². The van der Waals surface area contributed by atoms with E-state index in [2.05, 4.69) is 39.0 Å². The van der Waals surface area contributed by atoms with E-state index in [0.29, 0.717) is 5.41 Å². The summed E-state index contributed by atoms with van der Waals surface area (Å²) < 4.78 is 0. The Morgan fingerprint density at radius 3 is 2.73 bits per heavy atom. The van der Waals surface area contributed by atoms with Crippen LogP contribution in [0.5, 0.6) is 0 Å². The second-order valence-electron chi connectivity index (χ2n) is 8.55. The predicted molar refractivity (Wildman–Crippen MR) is 91.4 cm³/mol. The number of hydrogen-bond donors (Lipinski definition) is 1. The van der Waals surface area contributed by atoms with Gasteiger partial charge in [-0.1, -0.05) is 49.3 Å². The van der Waals surface area contributed by atoms with E-state index in [0.717, 1.165) is 17.8 Å². The fourth-order valence-electron chi connectivity index (χ4n) is 6.64. The Balaban J connectivity index is 1.70. The fourth-order valence-corrected chi connectivity index (χ4v) is 6.64. The topological polar surface area (TPSA) is 20.2 Å². The molecule has 1 N–H and O–H groups in total. The molecule has 0 aromatic carbocycles. The zero-order chi connectivity index (χ0) is 15.5. The van der Waals surface area contributed by atoms with Crippen molar-refractivity contribution in [2.75, 3.05) is 0 Å². The third-order valence-electron chi connectivity index (χ3n) is 7.85. The molecule has 0 radical (unpaired) electrons. The number of aliphatic hydroxyl groups is 1. The molecule has 0 bridgehead atoms. The molecule has 3 fully saturated rings. The van der Waals surface area contributed by atoms with Crippen LogP contribution in [-0.2, 0) is 0 Å². The van der Waals surface area contributed by atoms with E-state index in [1.807, 2.05) is 6.08 Å². The lowest BCUT2D eigenvalue weighted by atomic mass is 9.48. The maximum Gasteiger partial charge on any atom is 0.0905 e. The Bertz CT molecular complexity index is 568. The average molecular weight is 298 g/mol. The van der Waals surface area contributed by atoms with Crippen molar-refractivity contribution < 1.29 is 5.11 Å². The molecule has 22 heavy (non-hydrogen) atoms. The molecule has 1 heteroatoms. The Kier molecular flexibility index (Phi) is 3.24. The largest absolute Gasteiger partial charge is 0.385 e. The van der Waals surface area contributed by atoms with Gasteiger partial charge in [0.2, 0.25) is 0 Å². The molecule has 0 aromatic heterocycles. The summed E-state index contributed by atoms with van der Waals surface area (Å²) in [5.41, 5.74) is 3.93. The molecular weight excluding hydrogens is 268 g/mol. The minimum Gasteiger partial charge on any atom is -0.385 e. The third kappa shape index (κ3) is 1.81. The summed E-state index contributed by atoms with van der Waals surface area (Å²) >= 11 is 0. The molecule has 3 unspecified atom stereocenters. The Morgan fingerprint density at radius 1 is 1.14 bits per heavy atom. The minimum atomic E-state index is -0.352. The van der Waals surface area contributed by atoms with Gasteiger partial charge in [0.1, 0.15) is 0 Å². The lowest BCUT2D eigenvalue weighted by Gasteiger charge is -2.56. The van der Waals surface area contributed by atoms with Crippen LogP contribution in [0.4, 0.5) is 0 Å². The van der Waals surface area contributed by atoms with Crippen molar-refractivity contribution >= 4 is 0 Å². The molecule has 120 valence electrons. The molecular formula is C21H30O. The first-order valence-electron chi connectivity index (χ1n) is 9.23. The average Bonchev–Trinajstić information content (AvgIpc) is 2.84. The quantitative estimate of drug-likeness (QED) is 0.622. The van der Waals surface area contributed by atoms with Gasteiger partial charge in [0.15, 0.2) is 0 Å². The molecule has 0 amide bonds. The molecule has 4 rings (SSSR count). The molecule has 4 aliphatic rings. The van der Waals surface area contributed by atoms with Crippen molar-refractivity contribution in [2.24, 2.45) is 28.6 Å². The maximum atomic E-state index is 9.95. The van der Waals surface area contributed by atoms with Crippen LogP contribution < -0.4 is 0 Å². The fraction of sp³-hybridized carbons (Fsp3) is 0.714. The van der Waals surface area contributed by atoms with E-state index in [-0.39, 0.29) is 11.5 Å². The van der Waals surface area contributed by atoms with Gasteiger partial charge in [-0.25, -0.2) is 0 Å². The molecule has 0 aromatic rings. The van der Waals surface area contributed by atoms with Crippen molar-refractivity contribution in [3.63, 3.8) is 0 Å². The number of fused-ring (bicyclic) bond motifs is 5. The van der Waals surface area contributed by atoms with Gasteiger partial charge in [-0.15, -0.1) is 0 Å². The number of hydrogen-bond acceptors (Lipinski definition) is 1. The first-order valence-corrected chi connectivity index (χ1v) is 9.23. The molecule has 4 aliphatic carbocycles. The summed E-state index contributed by atoms with van der Waals surface area (Å²) in [4.78, 5) is 0. The van der Waals surface area contributed by atoms with Crippen molar-refractivity contribution in [3.8, 4) is 0 Å². The van der Waals surface area contributed by atoms with Crippen LogP contribution in [0, 0.1) is 28.6 Å². The maximum absolute atomic E-state index is 9.95. The highest BCUT2D eigenvalue weighted by molar-refractivity contribution is 5.34. The SMILES string of the molecule is CC=C1CCC2C3CCC4=C[C@@H](O)C=C[C@]4(C)C3CC[C@]12C. The van der Waals surface area contributed by atoms with Crippen molar-refractivity contribution in [3.05, 3.63) is 35.5 Å². The highest BCUT2D eigenvalue weighted by Gasteiger charge is 2.56. The second kappa shape index (κ2) is 4.84. The van der Waals surface area contributed by atoms with Crippen LogP contribution in [0.3, 0.4) is 0 Å². The Morgan fingerprint density at radius 2 is 1.95 bits per heavy atom. The van der Waals surface area contributed by atoms with Crippen molar-refractivity contribution in [1.82, 2.24) is 0 Å². The monoisotopic (exact) mass is 298 g/mol. The Hall–Kier alpha value is -0.820. The number of aliphatic hydroxyl groups excluding tert-OH is 1. The lowest BCUT2D eigenvalue weighted by molar-refractivity contribution is -0.00362. The second-order valence-corrected chi connectivity index (χ2v) is 8.55. The van der Waals surface area contributed by atoms with E-state index in [1.165, 1.54) is 44.1 Å². The highest BCUT2D eigenvalue weighted by atomic mass is 16.3. The van der Waals surface area contributed by atoms with Gasteiger partial charge in [0.05, 0.1) is 6.10 Å². The standard InChI is InChI=1S/C21H30O/c1-4-14-6-8-18-17-7-5-15-13-16(22)9-11-21(15,3)19(17)10-12-20(14,18)2/h4,9,11,13,16-19,22H,5-8,10,12H2,1-3H3/t16-,17?,18?,19?,20+,21-/m0/s1. The summed E-state index contributed by atoms with van der Waals surface area (Å²) in [6.45, 7) is 7.22. The summed E-state index contributed by atoms with van der Waals surface area (Å²) in [7, 11) is 0.